The van der Waals surface area contributed by atoms with Crippen LogP contribution in [0.15, 0.2) is 0 Å². The maximum Gasteiger partial charge on any atom is 0.407 e. The van der Waals surface area contributed by atoms with Gasteiger partial charge in [-0.05, 0) is 12.8 Å². The number of nitrogens with one attached hydrogen (secondary N) is 1. The molecule has 0 aromatic rings. The highest BCUT2D eigenvalue weighted by atomic mass is 16.6. The molecule has 0 aliphatic rings. The molecule has 1 unspecified atom stereocenters. The lowest BCUT2D eigenvalue weighted by Gasteiger charge is -2.12. The molecule has 14 heavy (non-hydrogen) atoms. The number of carbonyl (C=O) groups is 2. The van der Waals surface area contributed by atoms with Crippen LogP contribution in [0.2, 0.25) is 0 Å². The van der Waals surface area contributed by atoms with E-state index in [1.54, 1.807) is 6.92 Å². The van der Waals surface area contributed by atoms with Crippen LogP contribution in [0, 0.1) is 0 Å². The number of carbonyl (C=O) groups excluding carboxylic acids is 2. The number of rotatable bonds is 6. The maximum atomic E-state index is 11.1. The normalized spacial score (nSPS) is 11.9. The van der Waals surface area contributed by atoms with E-state index >= 15 is 0 Å². The van der Waals surface area contributed by atoms with Gasteiger partial charge >= 0.3 is 6.09 Å². The Morgan fingerprint density at radius 2 is 2.07 bits per heavy atom. The Kier molecular flexibility index (Phi) is 6.53. The summed E-state index contributed by atoms with van der Waals surface area (Å²) in [5, 5.41) is 2.53. The second-order valence-corrected chi connectivity index (χ2v) is 2.98. The second-order valence-electron chi connectivity index (χ2n) is 2.98. The minimum atomic E-state index is -0.823. The SMILES string of the molecule is CCCCNC(=O)OC(CC)C(N)=O. The highest BCUT2D eigenvalue weighted by molar-refractivity contribution is 5.81. The highest BCUT2D eigenvalue weighted by Gasteiger charge is 2.17. The third-order valence-electron chi connectivity index (χ3n) is 1.74. The van der Waals surface area contributed by atoms with Crippen LogP contribution in [0.25, 0.3) is 0 Å². The first kappa shape index (κ1) is 12.7. The van der Waals surface area contributed by atoms with Crippen LogP contribution < -0.4 is 11.1 Å². The number of hydrogen-bond acceptors (Lipinski definition) is 3. The van der Waals surface area contributed by atoms with Gasteiger partial charge in [0.1, 0.15) is 0 Å². The van der Waals surface area contributed by atoms with Crippen molar-refractivity contribution in [3.63, 3.8) is 0 Å². The van der Waals surface area contributed by atoms with E-state index in [2.05, 4.69) is 5.32 Å². The molecule has 0 rings (SSSR count). The van der Waals surface area contributed by atoms with Crippen molar-refractivity contribution in [3.05, 3.63) is 0 Å². The quantitative estimate of drug-likeness (QED) is 0.624. The summed E-state index contributed by atoms with van der Waals surface area (Å²) in [6.45, 7) is 4.31. The van der Waals surface area contributed by atoms with Gasteiger partial charge < -0.3 is 15.8 Å². The highest BCUT2D eigenvalue weighted by Crippen LogP contribution is 1.97. The third-order valence-corrected chi connectivity index (χ3v) is 1.74. The van der Waals surface area contributed by atoms with E-state index in [-0.39, 0.29) is 0 Å². The molecular formula is C9H18N2O3. The standard InChI is InChI=1S/C9H18N2O3/c1-3-5-6-11-9(13)14-7(4-2)8(10)12/h7H,3-6H2,1-2H3,(H2,10,12)(H,11,13). The zero-order valence-electron chi connectivity index (χ0n) is 8.71. The van der Waals surface area contributed by atoms with E-state index in [1.807, 2.05) is 6.92 Å². The van der Waals surface area contributed by atoms with E-state index < -0.39 is 18.1 Å². The average molecular weight is 202 g/mol. The van der Waals surface area contributed by atoms with Crippen LogP contribution in [0.4, 0.5) is 4.79 Å². The van der Waals surface area contributed by atoms with Crippen LogP contribution >= 0.6 is 0 Å². The molecule has 3 N–H and O–H groups in total. The lowest BCUT2D eigenvalue weighted by atomic mass is 10.3. The Hall–Kier alpha value is -1.26. The van der Waals surface area contributed by atoms with Gasteiger partial charge in [0, 0.05) is 6.54 Å². The van der Waals surface area contributed by atoms with Gasteiger partial charge in [-0.25, -0.2) is 4.79 Å². The van der Waals surface area contributed by atoms with Gasteiger partial charge in [0.2, 0.25) is 0 Å². The van der Waals surface area contributed by atoms with E-state index in [4.69, 9.17) is 10.5 Å². The lowest BCUT2D eigenvalue weighted by Crippen LogP contribution is -2.36. The molecule has 0 aromatic heterocycles. The molecule has 0 fully saturated rings. The summed E-state index contributed by atoms with van der Waals surface area (Å²) in [5.74, 6) is -0.613. The smallest absolute Gasteiger partial charge is 0.407 e. The van der Waals surface area contributed by atoms with Crippen molar-refractivity contribution in [1.82, 2.24) is 5.32 Å². The first-order valence-corrected chi connectivity index (χ1v) is 4.85. The van der Waals surface area contributed by atoms with E-state index in [1.165, 1.54) is 0 Å². The minimum Gasteiger partial charge on any atom is -0.436 e. The number of amides is 2. The Morgan fingerprint density at radius 3 is 2.50 bits per heavy atom. The summed E-state index contributed by atoms with van der Waals surface area (Å²) < 4.78 is 4.78. The zero-order chi connectivity index (χ0) is 11.0. The van der Waals surface area contributed by atoms with Crippen LogP contribution in [0.1, 0.15) is 33.1 Å². The minimum absolute atomic E-state index is 0.399. The maximum absolute atomic E-state index is 11.1. The molecule has 0 aliphatic carbocycles. The van der Waals surface area contributed by atoms with Gasteiger partial charge in [0.05, 0.1) is 0 Å². The van der Waals surface area contributed by atoms with Crippen molar-refractivity contribution in [3.8, 4) is 0 Å². The van der Waals surface area contributed by atoms with Crippen LogP contribution in [-0.4, -0.2) is 24.6 Å². The van der Waals surface area contributed by atoms with Crippen molar-refractivity contribution >= 4 is 12.0 Å². The van der Waals surface area contributed by atoms with Gasteiger partial charge in [-0.2, -0.15) is 0 Å². The summed E-state index contributed by atoms with van der Waals surface area (Å²) in [4.78, 5) is 21.8. The third kappa shape index (κ3) is 5.40. The van der Waals surface area contributed by atoms with Gasteiger partial charge in [0.15, 0.2) is 6.10 Å². The number of alkyl carbamates (subject to hydrolysis) is 1. The summed E-state index contributed by atoms with van der Waals surface area (Å²) in [7, 11) is 0. The molecule has 0 spiro atoms. The molecule has 0 aromatic carbocycles. The Labute approximate surface area is 84.0 Å². The average Bonchev–Trinajstić information content (AvgIpc) is 2.14. The molecule has 0 saturated carbocycles. The van der Waals surface area contributed by atoms with Crippen molar-refractivity contribution in [2.24, 2.45) is 5.73 Å². The lowest BCUT2D eigenvalue weighted by molar-refractivity contribution is -0.126. The van der Waals surface area contributed by atoms with Gasteiger partial charge in [-0.3, -0.25) is 4.79 Å². The number of unbranched alkanes of at least 4 members (excludes halogenated alkanes) is 1. The summed E-state index contributed by atoms with van der Waals surface area (Å²) in [5.41, 5.74) is 5.01. The summed E-state index contributed by atoms with van der Waals surface area (Å²) in [6, 6.07) is 0. The van der Waals surface area contributed by atoms with Gasteiger partial charge in [-0.1, -0.05) is 20.3 Å². The number of ether oxygens (including phenoxy) is 1. The molecule has 1 atom stereocenters. The predicted octanol–water partition coefficient (Wildman–Crippen LogP) is 0.777. The number of nitrogens with two attached hydrogens (primary N) is 1. The molecule has 82 valence electrons. The van der Waals surface area contributed by atoms with Crippen molar-refractivity contribution in [2.75, 3.05) is 6.54 Å². The van der Waals surface area contributed by atoms with Crippen molar-refractivity contribution in [2.45, 2.75) is 39.2 Å². The summed E-state index contributed by atoms with van der Waals surface area (Å²) >= 11 is 0. The first-order chi connectivity index (χ1) is 6.61. The fraction of sp³-hybridized carbons (Fsp3) is 0.778. The Bertz CT molecular complexity index is 194. The van der Waals surface area contributed by atoms with Crippen LogP contribution in [0.5, 0.6) is 0 Å². The van der Waals surface area contributed by atoms with Crippen LogP contribution in [-0.2, 0) is 9.53 Å². The van der Waals surface area contributed by atoms with Gasteiger partial charge in [-0.15, -0.1) is 0 Å². The fourth-order valence-electron chi connectivity index (χ4n) is 0.881. The first-order valence-electron chi connectivity index (χ1n) is 4.85. The molecule has 0 aliphatic heterocycles. The molecule has 5 heteroatoms. The molecular weight excluding hydrogens is 184 g/mol. The molecule has 0 bridgehead atoms. The Balaban J connectivity index is 3.74. The number of hydrogen-bond donors (Lipinski definition) is 2. The van der Waals surface area contributed by atoms with Crippen molar-refractivity contribution in [1.29, 1.82) is 0 Å². The molecule has 0 saturated heterocycles. The van der Waals surface area contributed by atoms with Crippen LogP contribution in [0.3, 0.4) is 0 Å². The van der Waals surface area contributed by atoms with Crippen molar-refractivity contribution < 1.29 is 14.3 Å². The van der Waals surface area contributed by atoms with E-state index in [9.17, 15) is 9.59 Å². The molecule has 5 nitrogen and oxygen atoms in total. The largest absolute Gasteiger partial charge is 0.436 e. The predicted molar refractivity (Wildman–Crippen MR) is 52.7 cm³/mol. The monoisotopic (exact) mass is 202 g/mol. The Morgan fingerprint density at radius 1 is 1.43 bits per heavy atom. The second kappa shape index (κ2) is 7.17. The summed E-state index contributed by atoms with van der Waals surface area (Å²) in [6.07, 6.45) is 0.882. The zero-order valence-corrected chi connectivity index (χ0v) is 8.71. The van der Waals surface area contributed by atoms with Gasteiger partial charge in [0.25, 0.3) is 5.91 Å². The topological polar surface area (TPSA) is 81.4 Å². The molecule has 0 radical (unpaired) electrons. The fourth-order valence-corrected chi connectivity index (χ4v) is 0.881. The van der Waals surface area contributed by atoms with E-state index in [0.29, 0.717) is 13.0 Å². The van der Waals surface area contributed by atoms with E-state index in [0.717, 1.165) is 12.8 Å². The number of primary amides is 1. The molecule has 2 amide bonds. The molecule has 0 heterocycles.